The van der Waals surface area contributed by atoms with Gasteiger partial charge < -0.3 is 9.84 Å². The van der Waals surface area contributed by atoms with Gasteiger partial charge in [-0.05, 0) is 54.5 Å². The van der Waals surface area contributed by atoms with Crippen molar-refractivity contribution >= 4 is 12.0 Å². The van der Waals surface area contributed by atoms with Gasteiger partial charge in [-0.2, -0.15) is 0 Å². The van der Waals surface area contributed by atoms with Gasteiger partial charge in [0.15, 0.2) is 0 Å². The van der Waals surface area contributed by atoms with Gasteiger partial charge in [0, 0.05) is 6.08 Å². The molecule has 0 aliphatic heterocycles. The normalized spacial score (nSPS) is 10.7. The largest absolute Gasteiger partial charge is 0.478 e. The van der Waals surface area contributed by atoms with Crippen molar-refractivity contribution in [3.8, 4) is 11.5 Å². The lowest BCUT2D eigenvalue weighted by Crippen LogP contribution is -1.90. The lowest BCUT2D eigenvalue weighted by molar-refractivity contribution is -0.131. The van der Waals surface area contributed by atoms with Crippen LogP contribution in [-0.2, 0) is 4.79 Å². The minimum Gasteiger partial charge on any atom is -0.478 e. The Morgan fingerprint density at radius 3 is 2.55 bits per heavy atom. The predicted molar refractivity (Wildman–Crippen MR) is 74.3 cm³/mol. The van der Waals surface area contributed by atoms with E-state index >= 15 is 0 Å². The molecule has 0 radical (unpaired) electrons. The molecular formula is C16H13FO3. The summed E-state index contributed by atoms with van der Waals surface area (Å²) in [6.45, 7) is 1.88. The molecule has 0 saturated heterocycles. The second-order valence-corrected chi connectivity index (χ2v) is 4.25. The van der Waals surface area contributed by atoms with Crippen LogP contribution in [0.1, 0.15) is 11.1 Å². The van der Waals surface area contributed by atoms with Crippen molar-refractivity contribution in [2.75, 3.05) is 0 Å². The molecule has 0 aliphatic rings. The number of hydrogen-bond donors (Lipinski definition) is 1. The molecule has 20 heavy (non-hydrogen) atoms. The molecule has 2 aromatic carbocycles. The van der Waals surface area contributed by atoms with E-state index in [1.165, 1.54) is 30.3 Å². The summed E-state index contributed by atoms with van der Waals surface area (Å²) in [5.74, 6) is -0.211. The average molecular weight is 272 g/mol. The molecular weight excluding hydrogens is 259 g/mol. The third-order valence-corrected chi connectivity index (χ3v) is 2.67. The van der Waals surface area contributed by atoms with Crippen LogP contribution in [0.25, 0.3) is 6.08 Å². The SMILES string of the molecule is Cc1ccc(/C=C/C(=O)O)cc1Oc1ccc(F)cc1. The first-order valence-corrected chi connectivity index (χ1v) is 6.00. The van der Waals surface area contributed by atoms with Gasteiger partial charge in [-0.25, -0.2) is 9.18 Å². The van der Waals surface area contributed by atoms with E-state index in [1.807, 2.05) is 13.0 Å². The lowest BCUT2D eigenvalue weighted by atomic mass is 10.1. The standard InChI is InChI=1S/C16H13FO3/c1-11-2-3-12(4-9-16(18)19)10-15(11)20-14-7-5-13(17)6-8-14/h2-10H,1H3,(H,18,19)/b9-4+. The number of carboxylic acids is 1. The average Bonchev–Trinajstić information content (AvgIpc) is 2.42. The summed E-state index contributed by atoms with van der Waals surface area (Å²) in [6.07, 6.45) is 2.55. The zero-order chi connectivity index (χ0) is 14.5. The molecule has 3 nitrogen and oxygen atoms in total. The maximum Gasteiger partial charge on any atom is 0.328 e. The molecule has 0 aliphatic carbocycles. The Bertz CT molecular complexity index is 645. The molecule has 0 amide bonds. The first kappa shape index (κ1) is 13.8. The molecule has 2 aromatic rings. The highest BCUT2D eigenvalue weighted by atomic mass is 19.1. The summed E-state index contributed by atoms with van der Waals surface area (Å²) >= 11 is 0. The molecule has 0 spiro atoms. The van der Waals surface area contributed by atoms with E-state index in [9.17, 15) is 9.18 Å². The maximum absolute atomic E-state index is 12.8. The second-order valence-electron chi connectivity index (χ2n) is 4.25. The van der Waals surface area contributed by atoms with Crippen molar-refractivity contribution < 1.29 is 19.0 Å². The predicted octanol–water partition coefficient (Wildman–Crippen LogP) is 4.02. The summed E-state index contributed by atoms with van der Waals surface area (Å²) in [5, 5.41) is 8.61. The number of carboxylic acid groups (broad SMARTS) is 1. The first-order valence-electron chi connectivity index (χ1n) is 6.00. The van der Waals surface area contributed by atoms with Crippen LogP contribution in [-0.4, -0.2) is 11.1 Å². The number of carbonyl (C=O) groups is 1. The third-order valence-electron chi connectivity index (χ3n) is 2.67. The minimum atomic E-state index is -1.01. The van der Waals surface area contributed by atoms with Crippen molar-refractivity contribution in [2.24, 2.45) is 0 Å². The van der Waals surface area contributed by atoms with Gasteiger partial charge in [0.1, 0.15) is 17.3 Å². The molecule has 102 valence electrons. The summed E-state index contributed by atoms with van der Waals surface area (Å²) in [5.41, 5.74) is 1.62. The number of hydrogen-bond acceptors (Lipinski definition) is 2. The molecule has 4 heteroatoms. The zero-order valence-electron chi connectivity index (χ0n) is 10.8. The van der Waals surface area contributed by atoms with Crippen LogP contribution in [0.5, 0.6) is 11.5 Å². The fourth-order valence-electron chi connectivity index (χ4n) is 1.63. The van der Waals surface area contributed by atoms with E-state index in [4.69, 9.17) is 9.84 Å². The van der Waals surface area contributed by atoms with Gasteiger partial charge in [0.05, 0.1) is 0 Å². The number of ether oxygens (including phenoxy) is 1. The minimum absolute atomic E-state index is 0.327. The quantitative estimate of drug-likeness (QED) is 0.855. The Kier molecular flexibility index (Phi) is 4.15. The van der Waals surface area contributed by atoms with E-state index in [0.29, 0.717) is 11.5 Å². The van der Waals surface area contributed by atoms with Gasteiger partial charge in [-0.1, -0.05) is 12.1 Å². The van der Waals surface area contributed by atoms with Gasteiger partial charge >= 0.3 is 5.97 Å². The molecule has 0 unspecified atom stereocenters. The van der Waals surface area contributed by atoms with Gasteiger partial charge in [-0.15, -0.1) is 0 Å². The van der Waals surface area contributed by atoms with Gasteiger partial charge in [0.25, 0.3) is 0 Å². The summed E-state index contributed by atoms with van der Waals surface area (Å²) in [4.78, 5) is 10.5. The Labute approximate surface area is 115 Å². The number of rotatable bonds is 4. The zero-order valence-corrected chi connectivity index (χ0v) is 10.8. The second kappa shape index (κ2) is 6.02. The number of aryl methyl sites for hydroxylation is 1. The van der Waals surface area contributed by atoms with Crippen LogP contribution >= 0.6 is 0 Å². The van der Waals surface area contributed by atoms with E-state index in [-0.39, 0.29) is 5.82 Å². The Hall–Kier alpha value is -2.62. The Morgan fingerprint density at radius 1 is 1.20 bits per heavy atom. The van der Waals surface area contributed by atoms with Crippen LogP contribution in [0.4, 0.5) is 4.39 Å². The van der Waals surface area contributed by atoms with Crippen LogP contribution < -0.4 is 4.74 Å². The third kappa shape index (κ3) is 3.68. The summed E-state index contributed by atoms with van der Waals surface area (Å²) in [7, 11) is 0. The fraction of sp³-hybridized carbons (Fsp3) is 0.0625. The van der Waals surface area contributed by atoms with E-state index in [0.717, 1.165) is 17.2 Å². The van der Waals surface area contributed by atoms with Crippen LogP contribution in [0.2, 0.25) is 0 Å². The van der Waals surface area contributed by atoms with Gasteiger partial charge in [-0.3, -0.25) is 0 Å². The summed E-state index contributed by atoms with van der Waals surface area (Å²) < 4.78 is 18.5. The molecule has 2 rings (SSSR count). The monoisotopic (exact) mass is 272 g/mol. The summed E-state index contributed by atoms with van der Waals surface area (Å²) in [6, 6.07) is 11.1. The molecule has 0 heterocycles. The smallest absolute Gasteiger partial charge is 0.328 e. The topological polar surface area (TPSA) is 46.5 Å². The molecule has 0 fully saturated rings. The highest BCUT2D eigenvalue weighted by Gasteiger charge is 2.03. The molecule has 0 atom stereocenters. The van der Waals surface area contributed by atoms with Crippen molar-refractivity contribution in [1.82, 2.24) is 0 Å². The molecule has 0 aromatic heterocycles. The molecule has 0 bridgehead atoms. The number of aliphatic carboxylic acids is 1. The lowest BCUT2D eigenvalue weighted by Gasteiger charge is -2.09. The van der Waals surface area contributed by atoms with E-state index < -0.39 is 5.97 Å². The highest BCUT2D eigenvalue weighted by molar-refractivity contribution is 5.85. The van der Waals surface area contributed by atoms with Crippen LogP contribution in [0, 0.1) is 12.7 Å². The van der Waals surface area contributed by atoms with E-state index in [2.05, 4.69) is 0 Å². The van der Waals surface area contributed by atoms with Crippen LogP contribution in [0.3, 0.4) is 0 Å². The maximum atomic E-state index is 12.8. The Morgan fingerprint density at radius 2 is 1.90 bits per heavy atom. The van der Waals surface area contributed by atoms with Crippen molar-refractivity contribution in [2.45, 2.75) is 6.92 Å². The van der Waals surface area contributed by atoms with Crippen LogP contribution in [0.15, 0.2) is 48.5 Å². The van der Waals surface area contributed by atoms with E-state index in [1.54, 1.807) is 12.1 Å². The first-order chi connectivity index (χ1) is 9.54. The Balaban J connectivity index is 2.24. The van der Waals surface area contributed by atoms with Crippen molar-refractivity contribution in [1.29, 1.82) is 0 Å². The highest BCUT2D eigenvalue weighted by Crippen LogP contribution is 2.26. The van der Waals surface area contributed by atoms with Crippen molar-refractivity contribution in [3.63, 3.8) is 0 Å². The number of benzene rings is 2. The fourth-order valence-corrected chi connectivity index (χ4v) is 1.63. The number of halogens is 1. The molecule has 1 N–H and O–H groups in total. The van der Waals surface area contributed by atoms with Gasteiger partial charge in [0.2, 0.25) is 0 Å². The van der Waals surface area contributed by atoms with Crippen molar-refractivity contribution in [3.05, 3.63) is 65.5 Å². The molecule has 0 saturated carbocycles.